The number of hydrogen-bond donors (Lipinski definition) is 1. The molecule has 0 saturated heterocycles. The van der Waals surface area contributed by atoms with E-state index < -0.39 is 0 Å². The van der Waals surface area contributed by atoms with Gasteiger partial charge < -0.3 is 5.11 Å². The van der Waals surface area contributed by atoms with Crippen molar-refractivity contribution in [3.05, 3.63) is 0 Å². The highest BCUT2D eigenvalue weighted by Crippen LogP contribution is 2.39. The fourth-order valence-corrected chi connectivity index (χ4v) is 1.28. The number of rotatable bonds is 1. The zero-order valence-corrected chi connectivity index (χ0v) is 5.74. The Morgan fingerprint density at radius 3 is 2.14 bits per heavy atom. The summed E-state index contributed by atoms with van der Waals surface area (Å²) in [4.78, 5) is 0. The molecular weight excluding hydrogens is 156 g/mol. The van der Waals surface area contributed by atoms with Gasteiger partial charge in [0, 0.05) is 4.32 Å². The van der Waals surface area contributed by atoms with Crippen LogP contribution in [0, 0.1) is 0 Å². The molecule has 1 nitrogen and oxygen atoms in total. The summed E-state index contributed by atoms with van der Waals surface area (Å²) in [5.74, 6) is 0. The first-order valence-electron chi connectivity index (χ1n) is 2.57. The topological polar surface area (TPSA) is 20.2 Å². The number of halogens is 1. The van der Waals surface area contributed by atoms with Crippen molar-refractivity contribution in [3.8, 4) is 0 Å². The van der Waals surface area contributed by atoms with Crippen molar-refractivity contribution < 1.29 is 5.11 Å². The minimum Gasteiger partial charge on any atom is -0.395 e. The number of hydrogen-bond acceptors (Lipinski definition) is 1. The summed E-state index contributed by atoms with van der Waals surface area (Å²) in [5, 5.41) is 8.60. The summed E-state index contributed by atoms with van der Waals surface area (Å²) in [6.45, 7) is 0.299. The molecule has 1 aliphatic rings. The molecule has 1 rings (SSSR count). The molecule has 0 unspecified atom stereocenters. The van der Waals surface area contributed by atoms with E-state index in [4.69, 9.17) is 5.11 Å². The highest BCUT2D eigenvalue weighted by molar-refractivity contribution is 9.10. The van der Waals surface area contributed by atoms with Crippen LogP contribution in [0.5, 0.6) is 0 Å². The highest BCUT2D eigenvalue weighted by Gasteiger charge is 2.32. The maximum Gasteiger partial charge on any atom is 0.0584 e. The van der Waals surface area contributed by atoms with E-state index in [-0.39, 0.29) is 4.32 Å². The van der Waals surface area contributed by atoms with Gasteiger partial charge in [-0.2, -0.15) is 0 Å². The largest absolute Gasteiger partial charge is 0.395 e. The predicted molar refractivity (Wildman–Crippen MR) is 32.6 cm³/mol. The van der Waals surface area contributed by atoms with Crippen LogP contribution in [0.3, 0.4) is 0 Å². The van der Waals surface area contributed by atoms with Gasteiger partial charge in [0.15, 0.2) is 0 Å². The van der Waals surface area contributed by atoms with Crippen LogP contribution >= 0.6 is 15.9 Å². The zero-order chi connectivity index (χ0) is 5.33. The first kappa shape index (κ1) is 5.57. The molecule has 0 heterocycles. The Labute approximate surface area is 51.9 Å². The third-order valence-corrected chi connectivity index (χ3v) is 2.58. The third kappa shape index (κ3) is 0.970. The lowest BCUT2D eigenvalue weighted by Gasteiger charge is -2.33. The Kier molecular flexibility index (Phi) is 1.39. The standard InChI is InChI=1S/C5H9BrO/c6-5(4-7)2-1-3-5/h7H,1-4H2. The van der Waals surface area contributed by atoms with Gasteiger partial charge >= 0.3 is 0 Å². The molecule has 1 aliphatic carbocycles. The van der Waals surface area contributed by atoms with Gasteiger partial charge in [-0.05, 0) is 12.8 Å². The normalized spacial score (nSPS) is 26.6. The van der Waals surface area contributed by atoms with Crippen LogP contribution in [0.2, 0.25) is 0 Å². The van der Waals surface area contributed by atoms with Crippen molar-refractivity contribution in [2.45, 2.75) is 23.6 Å². The van der Waals surface area contributed by atoms with Crippen molar-refractivity contribution in [1.82, 2.24) is 0 Å². The number of aliphatic hydroxyl groups excluding tert-OH is 1. The van der Waals surface area contributed by atoms with E-state index >= 15 is 0 Å². The molecule has 0 aromatic rings. The molecule has 1 fully saturated rings. The molecule has 0 aromatic heterocycles. The molecular formula is C5H9BrO. The molecule has 0 atom stereocenters. The maximum atomic E-state index is 8.60. The Morgan fingerprint density at radius 2 is 2.14 bits per heavy atom. The molecule has 0 aliphatic heterocycles. The average molecular weight is 165 g/mol. The highest BCUT2D eigenvalue weighted by atomic mass is 79.9. The van der Waals surface area contributed by atoms with Gasteiger partial charge in [-0.3, -0.25) is 0 Å². The maximum absolute atomic E-state index is 8.60. The number of aliphatic hydroxyl groups is 1. The fraction of sp³-hybridized carbons (Fsp3) is 1.00. The van der Waals surface area contributed by atoms with Crippen molar-refractivity contribution in [1.29, 1.82) is 0 Å². The van der Waals surface area contributed by atoms with Gasteiger partial charge in [-0.1, -0.05) is 22.4 Å². The average Bonchev–Trinajstić information content (AvgIpc) is 1.61. The molecule has 0 bridgehead atoms. The van der Waals surface area contributed by atoms with E-state index in [9.17, 15) is 0 Å². The smallest absolute Gasteiger partial charge is 0.0584 e. The summed E-state index contributed by atoms with van der Waals surface area (Å²) in [6, 6.07) is 0. The molecule has 7 heavy (non-hydrogen) atoms. The fourth-order valence-electron chi connectivity index (χ4n) is 0.719. The third-order valence-electron chi connectivity index (χ3n) is 1.53. The lowest BCUT2D eigenvalue weighted by Crippen LogP contribution is -2.33. The molecule has 1 saturated carbocycles. The Morgan fingerprint density at radius 1 is 1.57 bits per heavy atom. The van der Waals surface area contributed by atoms with E-state index in [1.807, 2.05) is 0 Å². The minimum absolute atomic E-state index is 0.132. The lowest BCUT2D eigenvalue weighted by atomic mass is 9.86. The summed E-state index contributed by atoms with van der Waals surface area (Å²) in [5.41, 5.74) is 0. The molecule has 0 aromatic carbocycles. The molecule has 0 radical (unpaired) electrons. The second kappa shape index (κ2) is 1.75. The van der Waals surface area contributed by atoms with E-state index in [0.717, 1.165) is 12.8 Å². The summed E-state index contributed by atoms with van der Waals surface area (Å²) in [7, 11) is 0. The van der Waals surface area contributed by atoms with Crippen molar-refractivity contribution >= 4 is 15.9 Å². The van der Waals surface area contributed by atoms with Gasteiger partial charge in [-0.25, -0.2) is 0 Å². The first-order chi connectivity index (χ1) is 3.27. The lowest BCUT2D eigenvalue weighted by molar-refractivity contribution is 0.196. The minimum atomic E-state index is 0.132. The number of alkyl halides is 1. The first-order valence-corrected chi connectivity index (χ1v) is 3.36. The second-order valence-electron chi connectivity index (χ2n) is 2.16. The van der Waals surface area contributed by atoms with Crippen molar-refractivity contribution in [3.63, 3.8) is 0 Å². The quantitative estimate of drug-likeness (QED) is 0.580. The van der Waals surface area contributed by atoms with Gasteiger partial charge in [0.2, 0.25) is 0 Å². The Bertz CT molecular complexity index is 63.0. The predicted octanol–water partition coefficient (Wildman–Crippen LogP) is 1.30. The van der Waals surface area contributed by atoms with Crippen molar-refractivity contribution in [2.75, 3.05) is 6.61 Å². The summed E-state index contributed by atoms with van der Waals surface area (Å²) in [6.07, 6.45) is 3.55. The van der Waals surface area contributed by atoms with Crippen LogP contribution in [-0.4, -0.2) is 16.0 Å². The summed E-state index contributed by atoms with van der Waals surface area (Å²) >= 11 is 3.42. The Hall–Kier alpha value is 0.440. The van der Waals surface area contributed by atoms with E-state index in [2.05, 4.69) is 15.9 Å². The van der Waals surface area contributed by atoms with Gasteiger partial charge in [-0.15, -0.1) is 0 Å². The van der Waals surface area contributed by atoms with E-state index in [0.29, 0.717) is 6.61 Å². The molecule has 0 amide bonds. The van der Waals surface area contributed by atoms with E-state index in [1.54, 1.807) is 0 Å². The van der Waals surface area contributed by atoms with Crippen LogP contribution in [0.4, 0.5) is 0 Å². The SMILES string of the molecule is OCC1(Br)CCC1. The monoisotopic (exact) mass is 164 g/mol. The Balaban J connectivity index is 2.29. The van der Waals surface area contributed by atoms with Gasteiger partial charge in [0.25, 0.3) is 0 Å². The van der Waals surface area contributed by atoms with Crippen LogP contribution in [-0.2, 0) is 0 Å². The van der Waals surface area contributed by atoms with Gasteiger partial charge in [0.05, 0.1) is 6.61 Å². The molecule has 0 spiro atoms. The van der Waals surface area contributed by atoms with Crippen molar-refractivity contribution in [2.24, 2.45) is 0 Å². The summed E-state index contributed by atoms with van der Waals surface area (Å²) < 4.78 is 0.132. The molecule has 42 valence electrons. The van der Waals surface area contributed by atoms with Gasteiger partial charge in [0.1, 0.15) is 0 Å². The molecule has 2 heteroatoms. The van der Waals surface area contributed by atoms with Crippen LogP contribution < -0.4 is 0 Å². The van der Waals surface area contributed by atoms with Crippen LogP contribution in [0.15, 0.2) is 0 Å². The van der Waals surface area contributed by atoms with E-state index in [1.165, 1.54) is 6.42 Å². The molecule has 1 N–H and O–H groups in total. The van der Waals surface area contributed by atoms with Crippen LogP contribution in [0.1, 0.15) is 19.3 Å². The zero-order valence-electron chi connectivity index (χ0n) is 4.15. The van der Waals surface area contributed by atoms with Crippen LogP contribution in [0.25, 0.3) is 0 Å². The second-order valence-corrected chi connectivity index (χ2v) is 3.84.